The van der Waals surface area contributed by atoms with Crippen molar-refractivity contribution in [3.8, 4) is 0 Å². The van der Waals surface area contributed by atoms with Crippen molar-refractivity contribution in [1.82, 2.24) is 20.2 Å². The highest BCUT2D eigenvalue weighted by molar-refractivity contribution is 5.66. The van der Waals surface area contributed by atoms with Crippen molar-refractivity contribution in [1.29, 1.82) is 0 Å². The van der Waals surface area contributed by atoms with Crippen molar-refractivity contribution in [2.24, 2.45) is 0 Å². The summed E-state index contributed by atoms with van der Waals surface area (Å²) >= 11 is 0. The van der Waals surface area contributed by atoms with Crippen LogP contribution in [0.5, 0.6) is 0 Å². The fourth-order valence-corrected chi connectivity index (χ4v) is 1.42. The maximum atomic E-state index is 10.4. The third-order valence-corrected chi connectivity index (χ3v) is 2.18. The van der Waals surface area contributed by atoms with Gasteiger partial charge < -0.3 is 9.63 Å². The van der Waals surface area contributed by atoms with Gasteiger partial charge in [-0.2, -0.15) is 0 Å². The Labute approximate surface area is 97.0 Å². The molecule has 0 saturated heterocycles. The number of carbonyl (C=O) groups is 1. The van der Waals surface area contributed by atoms with E-state index >= 15 is 0 Å². The second-order valence-corrected chi connectivity index (χ2v) is 3.73. The van der Waals surface area contributed by atoms with Crippen molar-refractivity contribution in [2.45, 2.75) is 26.3 Å². The van der Waals surface area contributed by atoms with Gasteiger partial charge in [-0.05, 0) is 6.92 Å². The monoisotopic (exact) mass is 236 g/mol. The van der Waals surface area contributed by atoms with E-state index in [0.717, 1.165) is 11.5 Å². The lowest BCUT2D eigenvalue weighted by Gasteiger charge is -1.93. The summed E-state index contributed by atoms with van der Waals surface area (Å²) in [5, 5.41) is 20.2. The lowest BCUT2D eigenvalue weighted by molar-refractivity contribution is -0.136. The fraction of sp³-hybridized carbons (Fsp3) is 0.400. The van der Waals surface area contributed by atoms with Crippen LogP contribution in [0.4, 0.5) is 0 Å². The van der Waals surface area contributed by atoms with Crippen LogP contribution in [0.25, 0.3) is 0 Å². The normalized spacial score (nSPS) is 10.6. The number of aliphatic carboxylic acids is 1. The molecule has 7 nitrogen and oxygen atoms in total. The van der Waals surface area contributed by atoms with Gasteiger partial charge in [0.1, 0.15) is 11.5 Å². The zero-order valence-electron chi connectivity index (χ0n) is 9.33. The van der Waals surface area contributed by atoms with Crippen LogP contribution in [0.15, 0.2) is 16.8 Å². The number of rotatable bonds is 5. The van der Waals surface area contributed by atoms with Crippen molar-refractivity contribution < 1.29 is 14.4 Å². The van der Waals surface area contributed by atoms with Crippen molar-refractivity contribution >= 4 is 5.97 Å². The maximum Gasteiger partial charge on any atom is 0.303 e. The first kappa shape index (κ1) is 11.3. The topological polar surface area (TPSA) is 94.0 Å². The molecule has 2 aromatic heterocycles. The summed E-state index contributed by atoms with van der Waals surface area (Å²) in [5.41, 5.74) is 1.42. The Morgan fingerprint density at radius 3 is 3.00 bits per heavy atom. The van der Waals surface area contributed by atoms with Gasteiger partial charge in [-0.25, -0.2) is 4.68 Å². The smallest absolute Gasteiger partial charge is 0.303 e. The highest BCUT2D eigenvalue weighted by Gasteiger charge is 2.06. The number of nitrogens with zero attached hydrogens (tertiary/aromatic N) is 4. The molecule has 0 radical (unpaired) electrons. The number of hydrogen-bond donors (Lipinski definition) is 1. The first-order valence-corrected chi connectivity index (χ1v) is 5.16. The molecule has 0 unspecified atom stereocenters. The van der Waals surface area contributed by atoms with E-state index in [0.29, 0.717) is 18.7 Å². The first-order chi connectivity index (χ1) is 8.13. The van der Waals surface area contributed by atoms with E-state index < -0.39 is 5.97 Å². The Morgan fingerprint density at radius 2 is 2.35 bits per heavy atom. The predicted octanol–water partition coefficient (Wildman–Crippen LogP) is 0.640. The molecule has 1 N–H and O–H groups in total. The predicted molar refractivity (Wildman–Crippen MR) is 56.3 cm³/mol. The molecule has 17 heavy (non-hydrogen) atoms. The van der Waals surface area contributed by atoms with Crippen LogP contribution in [-0.2, 0) is 17.8 Å². The van der Waals surface area contributed by atoms with Crippen LogP contribution in [0.2, 0.25) is 0 Å². The SMILES string of the molecule is Cc1cc(Cn2cc(CCC(=O)O)nn2)no1. The number of carboxylic acid groups (broad SMARTS) is 1. The highest BCUT2D eigenvalue weighted by atomic mass is 16.5. The van der Waals surface area contributed by atoms with Gasteiger partial charge in [-0.1, -0.05) is 10.4 Å². The molecule has 0 aliphatic carbocycles. The Bertz CT molecular complexity index is 517. The van der Waals surface area contributed by atoms with Gasteiger partial charge in [-0.15, -0.1) is 5.10 Å². The number of aromatic nitrogens is 4. The summed E-state index contributed by atoms with van der Waals surface area (Å²) in [5.74, 6) is -0.0992. The summed E-state index contributed by atoms with van der Waals surface area (Å²) in [6.45, 7) is 2.29. The second kappa shape index (κ2) is 4.77. The lowest BCUT2D eigenvalue weighted by Crippen LogP contribution is -2.00. The Hall–Kier alpha value is -2.18. The molecule has 0 saturated carbocycles. The molecule has 2 heterocycles. The largest absolute Gasteiger partial charge is 0.481 e. The van der Waals surface area contributed by atoms with E-state index in [2.05, 4.69) is 15.5 Å². The lowest BCUT2D eigenvalue weighted by atomic mass is 10.2. The van der Waals surface area contributed by atoms with Crippen molar-refractivity contribution in [3.05, 3.63) is 29.4 Å². The molecule has 0 amide bonds. The van der Waals surface area contributed by atoms with E-state index in [1.807, 2.05) is 13.0 Å². The molecule has 0 fully saturated rings. The average molecular weight is 236 g/mol. The zero-order chi connectivity index (χ0) is 12.3. The van der Waals surface area contributed by atoms with E-state index in [4.69, 9.17) is 9.63 Å². The Kier molecular flexibility index (Phi) is 3.17. The molecule has 0 bridgehead atoms. The minimum Gasteiger partial charge on any atom is -0.481 e. The third kappa shape index (κ3) is 3.13. The minimum atomic E-state index is -0.841. The van der Waals surface area contributed by atoms with E-state index in [9.17, 15) is 4.79 Å². The molecule has 2 aromatic rings. The van der Waals surface area contributed by atoms with Gasteiger partial charge in [-0.3, -0.25) is 4.79 Å². The minimum absolute atomic E-state index is 0.0573. The molecular formula is C10H12N4O3. The molecule has 7 heteroatoms. The molecule has 0 aliphatic rings. The van der Waals surface area contributed by atoms with E-state index in [1.165, 1.54) is 0 Å². The van der Waals surface area contributed by atoms with Crippen LogP contribution in [0, 0.1) is 6.92 Å². The van der Waals surface area contributed by atoms with Gasteiger partial charge in [0.15, 0.2) is 0 Å². The molecule has 0 atom stereocenters. The Morgan fingerprint density at radius 1 is 1.53 bits per heavy atom. The van der Waals surface area contributed by atoms with Crippen LogP contribution in [-0.4, -0.2) is 31.2 Å². The fourth-order valence-electron chi connectivity index (χ4n) is 1.42. The highest BCUT2D eigenvalue weighted by Crippen LogP contribution is 2.04. The van der Waals surface area contributed by atoms with Crippen LogP contribution < -0.4 is 0 Å². The second-order valence-electron chi connectivity index (χ2n) is 3.73. The van der Waals surface area contributed by atoms with Gasteiger partial charge in [0.2, 0.25) is 0 Å². The van der Waals surface area contributed by atoms with Crippen LogP contribution in [0.1, 0.15) is 23.6 Å². The molecular weight excluding hydrogens is 224 g/mol. The summed E-state index contributed by atoms with van der Waals surface area (Å²) in [4.78, 5) is 10.4. The van der Waals surface area contributed by atoms with Crippen LogP contribution >= 0.6 is 0 Å². The Balaban J connectivity index is 1.96. The van der Waals surface area contributed by atoms with Gasteiger partial charge in [0, 0.05) is 18.7 Å². The molecule has 0 aromatic carbocycles. The van der Waals surface area contributed by atoms with Gasteiger partial charge >= 0.3 is 5.97 Å². The molecule has 2 rings (SSSR count). The van der Waals surface area contributed by atoms with E-state index in [-0.39, 0.29) is 6.42 Å². The molecule has 0 aliphatic heterocycles. The summed E-state index contributed by atoms with van der Waals surface area (Å²) in [6, 6.07) is 1.82. The molecule has 90 valence electrons. The van der Waals surface area contributed by atoms with Gasteiger partial charge in [0.05, 0.1) is 18.7 Å². The first-order valence-electron chi connectivity index (χ1n) is 5.16. The van der Waals surface area contributed by atoms with Crippen molar-refractivity contribution in [2.75, 3.05) is 0 Å². The summed E-state index contributed by atoms with van der Waals surface area (Å²) < 4.78 is 6.54. The van der Waals surface area contributed by atoms with Crippen molar-refractivity contribution in [3.63, 3.8) is 0 Å². The number of hydrogen-bond acceptors (Lipinski definition) is 5. The molecule has 0 spiro atoms. The quantitative estimate of drug-likeness (QED) is 0.818. The number of aryl methyl sites for hydroxylation is 2. The summed E-state index contributed by atoms with van der Waals surface area (Å²) in [6.07, 6.45) is 2.15. The maximum absolute atomic E-state index is 10.4. The zero-order valence-corrected chi connectivity index (χ0v) is 9.33. The van der Waals surface area contributed by atoms with Gasteiger partial charge in [0.25, 0.3) is 0 Å². The average Bonchev–Trinajstić information content (AvgIpc) is 2.86. The third-order valence-electron chi connectivity index (χ3n) is 2.18. The van der Waals surface area contributed by atoms with Crippen LogP contribution in [0.3, 0.4) is 0 Å². The van der Waals surface area contributed by atoms with E-state index in [1.54, 1.807) is 10.9 Å². The standard InChI is InChI=1S/C10H12N4O3/c1-7-4-9(12-17-7)6-14-5-8(11-13-14)2-3-10(15)16/h4-5H,2-3,6H2,1H3,(H,15,16). The summed E-state index contributed by atoms with van der Waals surface area (Å²) in [7, 11) is 0. The number of carboxylic acids is 1.